The molecule has 1 aliphatic heterocycles. The van der Waals surface area contributed by atoms with E-state index in [-0.39, 0.29) is 17.7 Å². The number of likely N-dealkylation sites (tertiary alicyclic amines) is 1. The molecule has 1 aliphatic rings. The van der Waals surface area contributed by atoms with Crippen molar-refractivity contribution in [3.8, 4) is 23.0 Å². The summed E-state index contributed by atoms with van der Waals surface area (Å²) in [7, 11) is 4.80. The number of hydrogen-bond acceptors (Lipinski definition) is 6. The second kappa shape index (κ2) is 11.1. The number of piperidine rings is 1. The van der Waals surface area contributed by atoms with E-state index >= 15 is 0 Å². The van der Waals surface area contributed by atoms with Crippen LogP contribution in [0.15, 0.2) is 66.7 Å². The van der Waals surface area contributed by atoms with Gasteiger partial charge in [-0.2, -0.15) is 0 Å². The fourth-order valence-corrected chi connectivity index (χ4v) is 4.52. The summed E-state index contributed by atoms with van der Waals surface area (Å²) in [6.45, 7) is 2.48. The van der Waals surface area contributed by atoms with Crippen molar-refractivity contribution in [3.05, 3.63) is 77.9 Å². The lowest BCUT2D eigenvalue weighted by Crippen LogP contribution is -2.47. The number of rotatable bonds is 8. The predicted molar refractivity (Wildman–Crippen MR) is 136 cm³/mol. The first-order valence-electron chi connectivity index (χ1n) is 11.7. The number of amides is 1. The van der Waals surface area contributed by atoms with Crippen LogP contribution in [-0.4, -0.2) is 56.4 Å². The number of benzene rings is 3. The minimum Gasteiger partial charge on any atom is -0.504 e. The van der Waals surface area contributed by atoms with Crippen molar-refractivity contribution in [2.24, 2.45) is 0 Å². The molecule has 0 unspecified atom stereocenters. The number of carbonyl (C=O) groups is 1. The summed E-state index contributed by atoms with van der Waals surface area (Å²) >= 11 is 0. The minimum absolute atomic E-state index is 0.0282. The van der Waals surface area contributed by atoms with E-state index in [0.29, 0.717) is 11.3 Å². The predicted octanol–water partition coefficient (Wildman–Crippen LogP) is 4.73. The number of hydrogen-bond donors (Lipinski definition) is 1. The van der Waals surface area contributed by atoms with E-state index in [1.165, 1.54) is 0 Å². The topological polar surface area (TPSA) is 71.5 Å². The van der Waals surface area contributed by atoms with Crippen LogP contribution in [0, 0.1) is 0 Å². The zero-order valence-corrected chi connectivity index (χ0v) is 20.4. The Kier molecular flexibility index (Phi) is 7.77. The Labute approximate surface area is 206 Å². The van der Waals surface area contributed by atoms with E-state index < -0.39 is 0 Å². The first kappa shape index (κ1) is 24.4. The monoisotopic (exact) mass is 476 g/mol. The van der Waals surface area contributed by atoms with Gasteiger partial charge in [0.1, 0.15) is 11.5 Å². The number of phenols is 1. The van der Waals surface area contributed by atoms with Crippen molar-refractivity contribution < 1.29 is 24.1 Å². The number of anilines is 1. The number of aromatic hydroxyl groups is 1. The fourth-order valence-electron chi connectivity index (χ4n) is 4.52. The lowest BCUT2D eigenvalue weighted by molar-refractivity contribution is 0.0958. The van der Waals surface area contributed by atoms with Crippen LogP contribution in [0.1, 0.15) is 28.8 Å². The molecule has 1 N–H and O–H groups in total. The Morgan fingerprint density at radius 1 is 0.886 bits per heavy atom. The second-order valence-corrected chi connectivity index (χ2v) is 8.62. The van der Waals surface area contributed by atoms with Crippen molar-refractivity contribution in [1.29, 1.82) is 0 Å². The molecule has 1 heterocycles. The fraction of sp³-hybridized carbons (Fsp3) is 0.321. The maximum atomic E-state index is 13.7. The molecule has 0 aliphatic carbocycles. The van der Waals surface area contributed by atoms with Crippen LogP contribution in [0.25, 0.3) is 0 Å². The Hall–Kier alpha value is -3.71. The highest BCUT2D eigenvalue weighted by Crippen LogP contribution is 2.30. The van der Waals surface area contributed by atoms with Crippen molar-refractivity contribution in [3.63, 3.8) is 0 Å². The van der Waals surface area contributed by atoms with Gasteiger partial charge in [0.05, 0.1) is 21.3 Å². The lowest BCUT2D eigenvalue weighted by atomic mass is 10.00. The van der Waals surface area contributed by atoms with Crippen LogP contribution in [0.4, 0.5) is 5.69 Å². The number of phenolic OH excluding ortho intramolecular Hbond substituents is 1. The number of ether oxygens (including phenoxy) is 3. The lowest BCUT2D eigenvalue weighted by Gasteiger charge is -2.38. The molecular weight excluding hydrogens is 444 g/mol. The number of methoxy groups -OCH3 is 3. The third kappa shape index (κ3) is 5.69. The number of carbonyl (C=O) groups excluding carboxylic acids is 1. The maximum absolute atomic E-state index is 13.7. The molecule has 0 aromatic heterocycles. The second-order valence-electron chi connectivity index (χ2n) is 8.62. The smallest absolute Gasteiger partial charge is 0.258 e. The summed E-state index contributed by atoms with van der Waals surface area (Å²) < 4.78 is 15.8. The van der Waals surface area contributed by atoms with Gasteiger partial charge >= 0.3 is 0 Å². The summed E-state index contributed by atoms with van der Waals surface area (Å²) in [4.78, 5) is 18.0. The molecule has 0 saturated carbocycles. The molecule has 0 bridgehead atoms. The molecule has 3 aromatic rings. The first-order chi connectivity index (χ1) is 17.0. The van der Waals surface area contributed by atoms with E-state index in [1.54, 1.807) is 27.4 Å². The molecule has 1 amide bonds. The maximum Gasteiger partial charge on any atom is 0.258 e. The van der Waals surface area contributed by atoms with E-state index in [0.717, 1.165) is 55.2 Å². The van der Waals surface area contributed by atoms with Gasteiger partial charge in [0.2, 0.25) is 0 Å². The summed E-state index contributed by atoms with van der Waals surface area (Å²) in [6, 6.07) is 20.4. The van der Waals surface area contributed by atoms with Crippen molar-refractivity contribution >= 4 is 11.6 Å². The quantitative estimate of drug-likeness (QED) is 0.507. The Morgan fingerprint density at radius 2 is 1.49 bits per heavy atom. The molecule has 3 aromatic carbocycles. The zero-order valence-electron chi connectivity index (χ0n) is 20.4. The third-order valence-electron chi connectivity index (χ3n) is 6.48. The molecule has 1 fully saturated rings. The first-order valence-corrected chi connectivity index (χ1v) is 11.7. The van der Waals surface area contributed by atoms with Gasteiger partial charge in [0.25, 0.3) is 5.91 Å². The third-order valence-corrected chi connectivity index (χ3v) is 6.48. The zero-order chi connectivity index (χ0) is 24.8. The van der Waals surface area contributed by atoms with Gasteiger partial charge < -0.3 is 24.2 Å². The molecule has 0 spiro atoms. The number of nitrogens with zero attached hydrogens (tertiary/aromatic N) is 2. The van der Waals surface area contributed by atoms with Crippen LogP contribution in [-0.2, 0) is 6.54 Å². The van der Waals surface area contributed by atoms with Crippen LogP contribution in [0.5, 0.6) is 23.0 Å². The summed E-state index contributed by atoms with van der Waals surface area (Å²) in [5.74, 6) is 2.07. The van der Waals surface area contributed by atoms with Gasteiger partial charge in [-0.15, -0.1) is 0 Å². The molecule has 4 rings (SSSR count). The van der Waals surface area contributed by atoms with Crippen LogP contribution in [0.2, 0.25) is 0 Å². The molecule has 7 heteroatoms. The van der Waals surface area contributed by atoms with Gasteiger partial charge in [0.15, 0.2) is 11.5 Å². The Balaban J connectivity index is 1.51. The van der Waals surface area contributed by atoms with Crippen LogP contribution >= 0.6 is 0 Å². The van der Waals surface area contributed by atoms with Crippen molar-refractivity contribution in [2.75, 3.05) is 39.3 Å². The van der Waals surface area contributed by atoms with Gasteiger partial charge in [-0.3, -0.25) is 9.69 Å². The molecule has 35 heavy (non-hydrogen) atoms. The highest BCUT2D eigenvalue weighted by atomic mass is 16.5. The van der Waals surface area contributed by atoms with E-state index in [2.05, 4.69) is 4.90 Å². The van der Waals surface area contributed by atoms with Crippen molar-refractivity contribution in [2.45, 2.75) is 25.4 Å². The molecule has 1 saturated heterocycles. The van der Waals surface area contributed by atoms with E-state index in [1.807, 2.05) is 65.6 Å². The molecular formula is C28H32N2O5. The van der Waals surface area contributed by atoms with Gasteiger partial charge in [-0.05, 0) is 79.1 Å². The SMILES string of the molecule is COc1ccc(C(=O)N(c2ccc(OC)cc2)C2CCN(Cc3ccc(O)c(OC)c3)CC2)cc1. The average Bonchev–Trinajstić information content (AvgIpc) is 2.91. The standard InChI is InChI=1S/C28H32N2O5/c1-33-24-9-5-21(6-10-24)28(32)30(22-7-11-25(34-2)12-8-22)23-14-16-29(17-15-23)19-20-4-13-26(31)27(18-20)35-3/h4-13,18,23,31H,14-17,19H2,1-3H3. The normalized spacial score (nSPS) is 14.4. The average molecular weight is 477 g/mol. The summed E-state index contributed by atoms with van der Waals surface area (Å²) in [6.07, 6.45) is 1.70. The van der Waals surface area contributed by atoms with Gasteiger partial charge in [-0.1, -0.05) is 6.07 Å². The van der Waals surface area contributed by atoms with Crippen LogP contribution < -0.4 is 19.1 Å². The summed E-state index contributed by atoms with van der Waals surface area (Å²) in [5.41, 5.74) is 2.56. The molecule has 7 nitrogen and oxygen atoms in total. The summed E-state index contributed by atoms with van der Waals surface area (Å²) in [5, 5.41) is 9.86. The highest BCUT2D eigenvalue weighted by Gasteiger charge is 2.30. The van der Waals surface area contributed by atoms with Crippen LogP contribution in [0.3, 0.4) is 0 Å². The van der Waals surface area contributed by atoms with Crippen molar-refractivity contribution in [1.82, 2.24) is 4.90 Å². The van der Waals surface area contributed by atoms with Gasteiger partial charge in [-0.25, -0.2) is 0 Å². The molecule has 184 valence electrons. The molecule has 0 atom stereocenters. The van der Waals surface area contributed by atoms with E-state index in [9.17, 15) is 9.90 Å². The highest BCUT2D eigenvalue weighted by molar-refractivity contribution is 6.06. The minimum atomic E-state index is -0.0282. The molecule has 0 radical (unpaired) electrons. The van der Waals surface area contributed by atoms with E-state index in [4.69, 9.17) is 14.2 Å². The van der Waals surface area contributed by atoms with Gasteiger partial charge in [0, 0.05) is 36.9 Å². The Morgan fingerprint density at radius 3 is 2.06 bits per heavy atom. The largest absolute Gasteiger partial charge is 0.504 e. The Bertz CT molecular complexity index is 1120.